The van der Waals surface area contributed by atoms with Crippen LogP contribution >= 0.6 is 0 Å². The van der Waals surface area contributed by atoms with Gasteiger partial charge in [0.2, 0.25) is 15.9 Å². The molecule has 0 aliphatic carbocycles. The average molecular weight is 400 g/mol. The number of nitrogens with zero attached hydrogens (tertiary/aromatic N) is 2. The van der Waals surface area contributed by atoms with Gasteiger partial charge in [-0.25, -0.2) is 13.4 Å². The number of hydrazone groups is 1. The molecule has 3 rings (SSSR count). The molecule has 1 aliphatic rings. The van der Waals surface area contributed by atoms with Gasteiger partial charge in [-0.2, -0.15) is 5.10 Å². The molecule has 0 unspecified atom stereocenters. The number of carbonyl (C=O) groups is 2. The summed E-state index contributed by atoms with van der Waals surface area (Å²) < 4.78 is 25.4. The van der Waals surface area contributed by atoms with E-state index in [2.05, 4.69) is 15.1 Å². The first-order valence-electron chi connectivity index (χ1n) is 8.62. The Bertz CT molecular complexity index is 1020. The smallest absolute Gasteiger partial charge is 0.271 e. The molecular formula is C19H20N4O4S. The molecule has 0 saturated carbocycles. The molecule has 2 aromatic rings. The summed E-state index contributed by atoms with van der Waals surface area (Å²) in [5, 5.41) is 8.16. The Labute approximate surface area is 163 Å². The SMILES string of the molecule is CS(=O)(=O)Nc1ccccc1NC(=O)C1=NN(Cc2ccccc2)C(=O)CC1. The maximum absolute atomic E-state index is 12.6. The molecule has 0 fully saturated rings. The van der Waals surface area contributed by atoms with Crippen LogP contribution in [0.25, 0.3) is 0 Å². The molecule has 2 aromatic carbocycles. The van der Waals surface area contributed by atoms with E-state index in [9.17, 15) is 18.0 Å². The van der Waals surface area contributed by atoms with Crippen molar-refractivity contribution in [2.24, 2.45) is 5.10 Å². The third kappa shape index (κ3) is 5.17. The summed E-state index contributed by atoms with van der Waals surface area (Å²) in [7, 11) is -3.50. The van der Waals surface area contributed by atoms with E-state index in [1.54, 1.807) is 24.3 Å². The van der Waals surface area contributed by atoms with Crippen molar-refractivity contribution in [2.45, 2.75) is 19.4 Å². The second kappa shape index (κ2) is 8.22. The topological polar surface area (TPSA) is 108 Å². The normalized spacial score (nSPS) is 14.4. The molecule has 2 N–H and O–H groups in total. The minimum atomic E-state index is -3.50. The molecule has 2 amide bonds. The van der Waals surface area contributed by atoms with Gasteiger partial charge in [-0.15, -0.1) is 0 Å². The number of amides is 2. The molecule has 0 aromatic heterocycles. The monoisotopic (exact) mass is 400 g/mol. The third-order valence-corrected chi connectivity index (χ3v) is 4.60. The number of hydrogen-bond acceptors (Lipinski definition) is 5. The van der Waals surface area contributed by atoms with Gasteiger partial charge in [0.25, 0.3) is 5.91 Å². The van der Waals surface area contributed by atoms with Gasteiger partial charge in [0, 0.05) is 12.8 Å². The van der Waals surface area contributed by atoms with Gasteiger partial charge in [-0.05, 0) is 17.7 Å². The van der Waals surface area contributed by atoms with E-state index in [1.807, 2.05) is 30.3 Å². The molecule has 146 valence electrons. The lowest BCUT2D eigenvalue weighted by atomic mass is 10.1. The van der Waals surface area contributed by atoms with Crippen LogP contribution < -0.4 is 10.0 Å². The second-order valence-electron chi connectivity index (χ2n) is 6.36. The van der Waals surface area contributed by atoms with Crippen molar-refractivity contribution in [1.29, 1.82) is 0 Å². The van der Waals surface area contributed by atoms with E-state index >= 15 is 0 Å². The van der Waals surface area contributed by atoms with Crippen molar-refractivity contribution in [3.05, 3.63) is 60.2 Å². The third-order valence-electron chi connectivity index (χ3n) is 4.01. The second-order valence-corrected chi connectivity index (χ2v) is 8.11. The molecule has 9 heteroatoms. The highest BCUT2D eigenvalue weighted by Crippen LogP contribution is 2.23. The molecular weight excluding hydrogens is 380 g/mol. The van der Waals surface area contributed by atoms with Crippen LogP contribution in [0.2, 0.25) is 0 Å². The number of carbonyl (C=O) groups excluding carboxylic acids is 2. The number of nitrogens with one attached hydrogen (secondary N) is 2. The van der Waals surface area contributed by atoms with Gasteiger partial charge >= 0.3 is 0 Å². The predicted molar refractivity (Wildman–Crippen MR) is 107 cm³/mol. The van der Waals surface area contributed by atoms with Gasteiger partial charge in [0.15, 0.2) is 0 Å². The molecule has 0 bridgehead atoms. The summed E-state index contributed by atoms with van der Waals surface area (Å²) in [4.78, 5) is 24.8. The van der Waals surface area contributed by atoms with Gasteiger partial charge in [0.05, 0.1) is 24.2 Å². The van der Waals surface area contributed by atoms with E-state index < -0.39 is 15.9 Å². The molecule has 8 nitrogen and oxygen atoms in total. The van der Waals surface area contributed by atoms with Gasteiger partial charge < -0.3 is 5.32 Å². The Morgan fingerprint density at radius 2 is 1.68 bits per heavy atom. The maximum Gasteiger partial charge on any atom is 0.271 e. The van der Waals surface area contributed by atoms with Gasteiger partial charge in [-0.1, -0.05) is 42.5 Å². The highest BCUT2D eigenvalue weighted by Gasteiger charge is 2.25. The fourth-order valence-electron chi connectivity index (χ4n) is 2.72. The lowest BCUT2D eigenvalue weighted by Crippen LogP contribution is -2.36. The predicted octanol–water partition coefficient (Wildman–Crippen LogP) is 2.18. The minimum Gasteiger partial charge on any atom is -0.319 e. The molecule has 0 atom stereocenters. The molecule has 1 heterocycles. The van der Waals surface area contributed by atoms with Crippen LogP contribution in [0.5, 0.6) is 0 Å². The van der Waals surface area contributed by atoms with E-state index in [4.69, 9.17) is 0 Å². The fraction of sp³-hybridized carbons (Fsp3) is 0.211. The fourth-order valence-corrected chi connectivity index (χ4v) is 3.30. The van der Waals surface area contributed by atoms with Crippen molar-refractivity contribution in [1.82, 2.24) is 5.01 Å². The van der Waals surface area contributed by atoms with E-state index in [-0.39, 0.29) is 36.7 Å². The summed E-state index contributed by atoms with van der Waals surface area (Å²) in [6, 6.07) is 15.8. The molecule has 0 saturated heterocycles. The summed E-state index contributed by atoms with van der Waals surface area (Å²) in [6.07, 6.45) is 1.43. The van der Waals surface area contributed by atoms with Gasteiger partial charge in [-0.3, -0.25) is 14.3 Å². The summed E-state index contributed by atoms with van der Waals surface area (Å²) in [5.41, 5.74) is 1.69. The lowest BCUT2D eigenvalue weighted by Gasteiger charge is -2.23. The van der Waals surface area contributed by atoms with E-state index in [0.717, 1.165) is 11.8 Å². The maximum atomic E-state index is 12.6. The number of benzene rings is 2. The first-order chi connectivity index (χ1) is 13.3. The number of para-hydroxylation sites is 2. The zero-order chi connectivity index (χ0) is 20.1. The van der Waals surface area contributed by atoms with Crippen molar-refractivity contribution >= 4 is 38.9 Å². The van der Waals surface area contributed by atoms with Crippen LogP contribution in [-0.4, -0.2) is 37.2 Å². The lowest BCUT2D eigenvalue weighted by molar-refractivity contribution is -0.132. The number of anilines is 2. The van der Waals surface area contributed by atoms with Crippen LogP contribution in [0, 0.1) is 0 Å². The Hall–Kier alpha value is -3.20. The Kier molecular flexibility index (Phi) is 5.74. The zero-order valence-electron chi connectivity index (χ0n) is 15.3. The molecule has 1 aliphatic heterocycles. The number of sulfonamides is 1. The largest absolute Gasteiger partial charge is 0.319 e. The Morgan fingerprint density at radius 3 is 2.36 bits per heavy atom. The van der Waals surface area contributed by atoms with E-state index in [1.165, 1.54) is 5.01 Å². The molecule has 28 heavy (non-hydrogen) atoms. The minimum absolute atomic E-state index is 0.153. The standard InChI is InChI=1S/C19H20N4O4S/c1-28(26,27)22-16-10-6-5-9-15(16)20-19(25)17-11-12-18(24)23(21-17)13-14-7-3-2-4-8-14/h2-10,22H,11-13H2,1H3,(H,20,25). The van der Waals surface area contributed by atoms with Crippen LogP contribution in [0.15, 0.2) is 59.7 Å². The van der Waals surface area contributed by atoms with Crippen LogP contribution in [0.3, 0.4) is 0 Å². The molecule has 0 spiro atoms. The van der Waals surface area contributed by atoms with Crippen molar-refractivity contribution in [2.75, 3.05) is 16.3 Å². The van der Waals surface area contributed by atoms with Crippen molar-refractivity contribution in [3.63, 3.8) is 0 Å². The number of hydrogen-bond donors (Lipinski definition) is 2. The molecule has 0 radical (unpaired) electrons. The van der Waals surface area contributed by atoms with Crippen molar-refractivity contribution in [3.8, 4) is 0 Å². The van der Waals surface area contributed by atoms with Crippen LogP contribution in [-0.2, 0) is 26.2 Å². The van der Waals surface area contributed by atoms with Crippen LogP contribution in [0.4, 0.5) is 11.4 Å². The summed E-state index contributed by atoms with van der Waals surface area (Å²) in [5.74, 6) is -0.632. The Balaban J connectivity index is 1.77. The summed E-state index contributed by atoms with van der Waals surface area (Å²) in [6.45, 7) is 0.280. The van der Waals surface area contributed by atoms with Crippen molar-refractivity contribution < 1.29 is 18.0 Å². The first kappa shape index (κ1) is 19.6. The average Bonchev–Trinajstić information content (AvgIpc) is 2.65. The summed E-state index contributed by atoms with van der Waals surface area (Å²) >= 11 is 0. The highest BCUT2D eigenvalue weighted by atomic mass is 32.2. The van der Waals surface area contributed by atoms with E-state index in [0.29, 0.717) is 5.69 Å². The highest BCUT2D eigenvalue weighted by molar-refractivity contribution is 7.92. The number of rotatable bonds is 6. The first-order valence-corrected chi connectivity index (χ1v) is 10.5. The van der Waals surface area contributed by atoms with Crippen LogP contribution in [0.1, 0.15) is 18.4 Å². The quantitative estimate of drug-likeness (QED) is 0.775. The zero-order valence-corrected chi connectivity index (χ0v) is 16.1. The van der Waals surface area contributed by atoms with Gasteiger partial charge in [0.1, 0.15) is 5.71 Å². The Morgan fingerprint density at radius 1 is 1.04 bits per heavy atom.